The Morgan fingerprint density at radius 1 is 1.52 bits per heavy atom. The minimum Gasteiger partial charge on any atom is -0.497 e. The van der Waals surface area contributed by atoms with Crippen LogP contribution in [0.1, 0.15) is 12.8 Å². The lowest BCUT2D eigenvalue weighted by Crippen LogP contribution is -2.13. The van der Waals surface area contributed by atoms with Gasteiger partial charge in [0.2, 0.25) is 5.91 Å². The fraction of sp³-hybridized carbons (Fsp3) is 0.286. The van der Waals surface area contributed by atoms with Crippen LogP contribution in [0.3, 0.4) is 0 Å². The van der Waals surface area contributed by atoms with Crippen molar-refractivity contribution in [2.45, 2.75) is 19.4 Å². The Morgan fingerprint density at radius 2 is 2.33 bits per heavy atom. The van der Waals surface area contributed by atoms with Crippen LogP contribution >= 0.6 is 15.9 Å². The van der Waals surface area contributed by atoms with Gasteiger partial charge < -0.3 is 15.8 Å². The highest BCUT2D eigenvalue weighted by Crippen LogP contribution is 2.24. The second-order valence-corrected chi connectivity index (χ2v) is 5.44. The van der Waals surface area contributed by atoms with Crippen LogP contribution in [-0.2, 0) is 11.3 Å². The molecule has 1 amide bonds. The number of anilines is 2. The number of nitrogens with two attached hydrogens (primary N) is 1. The second-order valence-electron chi connectivity index (χ2n) is 4.53. The van der Waals surface area contributed by atoms with Gasteiger partial charge in [-0.25, -0.2) is 0 Å². The standard InChI is InChI=1S/C14H17BrN4O2/c1-21-11-4-5-13(12(16)7-11)18-14(20)3-2-6-19-9-10(15)8-17-19/h4-5,7-9H,2-3,6,16H2,1H3,(H,18,20). The summed E-state index contributed by atoms with van der Waals surface area (Å²) in [5.41, 5.74) is 6.94. The molecule has 7 heteroatoms. The number of nitrogens with zero attached hydrogens (tertiary/aromatic N) is 2. The molecule has 1 heterocycles. The average molecular weight is 353 g/mol. The van der Waals surface area contributed by atoms with E-state index in [4.69, 9.17) is 10.5 Å². The van der Waals surface area contributed by atoms with Crippen LogP contribution in [0.4, 0.5) is 11.4 Å². The van der Waals surface area contributed by atoms with Crippen molar-refractivity contribution >= 4 is 33.2 Å². The van der Waals surface area contributed by atoms with Gasteiger partial charge in [0.1, 0.15) is 5.75 Å². The molecule has 2 rings (SSSR count). The van der Waals surface area contributed by atoms with E-state index in [9.17, 15) is 4.79 Å². The zero-order valence-corrected chi connectivity index (χ0v) is 13.3. The van der Waals surface area contributed by atoms with E-state index in [0.29, 0.717) is 36.5 Å². The van der Waals surface area contributed by atoms with E-state index in [-0.39, 0.29) is 5.91 Å². The predicted molar refractivity (Wildman–Crippen MR) is 85.2 cm³/mol. The zero-order chi connectivity index (χ0) is 15.2. The van der Waals surface area contributed by atoms with Crippen molar-refractivity contribution in [3.05, 3.63) is 35.1 Å². The molecule has 0 saturated carbocycles. The first-order chi connectivity index (χ1) is 10.1. The maximum absolute atomic E-state index is 11.9. The Kier molecular flexibility index (Phi) is 5.21. The van der Waals surface area contributed by atoms with Gasteiger partial charge in [-0.3, -0.25) is 9.48 Å². The normalized spacial score (nSPS) is 10.4. The number of carbonyl (C=O) groups excluding carboxylic acids is 1. The molecule has 2 aromatic rings. The van der Waals surface area contributed by atoms with Crippen LogP contribution in [0.25, 0.3) is 0 Å². The monoisotopic (exact) mass is 352 g/mol. The highest BCUT2D eigenvalue weighted by Gasteiger charge is 2.06. The van der Waals surface area contributed by atoms with E-state index in [1.807, 2.05) is 6.20 Å². The molecule has 21 heavy (non-hydrogen) atoms. The number of nitrogens with one attached hydrogen (secondary N) is 1. The van der Waals surface area contributed by atoms with Gasteiger partial charge in [-0.05, 0) is 34.5 Å². The first kappa shape index (κ1) is 15.4. The number of aromatic nitrogens is 2. The number of rotatable bonds is 6. The number of benzene rings is 1. The van der Waals surface area contributed by atoms with Gasteiger partial charge in [0, 0.05) is 25.2 Å². The molecule has 6 nitrogen and oxygen atoms in total. The van der Waals surface area contributed by atoms with Crippen molar-refractivity contribution in [1.29, 1.82) is 0 Å². The summed E-state index contributed by atoms with van der Waals surface area (Å²) in [5.74, 6) is 0.591. The Bertz CT molecular complexity index is 627. The summed E-state index contributed by atoms with van der Waals surface area (Å²) < 4.78 is 7.78. The molecule has 0 spiro atoms. The smallest absolute Gasteiger partial charge is 0.224 e. The SMILES string of the molecule is COc1ccc(NC(=O)CCCn2cc(Br)cn2)c(N)c1. The van der Waals surface area contributed by atoms with Gasteiger partial charge >= 0.3 is 0 Å². The fourth-order valence-corrected chi connectivity index (χ4v) is 2.18. The molecule has 0 radical (unpaired) electrons. The lowest BCUT2D eigenvalue weighted by Gasteiger charge is -2.09. The van der Waals surface area contributed by atoms with Gasteiger partial charge in [-0.2, -0.15) is 5.10 Å². The van der Waals surface area contributed by atoms with Crippen molar-refractivity contribution in [1.82, 2.24) is 9.78 Å². The molecular formula is C14H17BrN4O2. The number of aryl methyl sites for hydroxylation is 1. The number of amides is 1. The molecule has 112 valence electrons. The van der Waals surface area contributed by atoms with Crippen molar-refractivity contribution in [3.63, 3.8) is 0 Å². The Labute approximate surface area is 131 Å². The second kappa shape index (κ2) is 7.12. The van der Waals surface area contributed by atoms with E-state index in [1.165, 1.54) is 0 Å². The molecule has 0 aliphatic rings. The predicted octanol–water partition coefficient (Wildman–Crippen LogP) is 2.66. The summed E-state index contributed by atoms with van der Waals surface area (Å²) in [7, 11) is 1.57. The quantitative estimate of drug-likeness (QED) is 0.783. The number of methoxy groups -OCH3 is 1. The number of hydrogen-bond donors (Lipinski definition) is 2. The number of hydrogen-bond acceptors (Lipinski definition) is 4. The van der Waals surface area contributed by atoms with Crippen LogP contribution in [-0.4, -0.2) is 22.8 Å². The first-order valence-electron chi connectivity index (χ1n) is 6.50. The molecule has 0 aliphatic carbocycles. The lowest BCUT2D eigenvalue weighted by molar-refractivity contribution is -0.116. The Balaban J connectivity index is 1.81. The summed E-state index contributed by atoms with van der Waals surface area (Å²) in [6, 6.07) is 5.17. The average Bonchev–Trinajstić information content (AvgIpc) is 2.86. The van der Waals surface area contributed by atoms with Gasteiger partial charge in [-0.15, -0.1) is 0 Å². The molecule has 0 fully saturated rings. The summed E-state index contributed by atoms with van der Waals surface area (Å²) in [6.45, 7) is 0.692. The van der Waals surface area contributed by atoms with Crippen LogP contribution < -0.4 is 15.8 Å². The summed E-state index contributed by atoms with van der Waals surface area (Å²) >= 11 is 3.33. The van der Waals surface area contributed by atoms with E-state index < -0.39 is 0 Å². The number of ether oxygens (including phenoxy) is 1. The molecule has 0 bridgehead atoms. The summed E-state index contributed by atoms with van der Waals surface area (Å²) in [5, 5.41) is 6.93. The van der Waals surface area contributed by atoms with E-state index in [2.05, 4.69) is 26.3 Å². The molecule has 0 saturated heterocycles. The van der Waals surface area contributed by atoms with Gasteiger partial charge in [0.15, 0.2) is 0 Å². The minimum atomic E-state index is -0.0712. The molecule has 3 N–H and O–H groups in total. The maximum atomic E-state index is 11.9. The van der Waals surface area contributed by atoms with E-state index in [1.54, 1.807) is 36.2 Å². The highest BCUT2D eigenvalue weighted by atomic mass is 79.9. The molecule has 0 unspecified atom stereocenters. The number of halogens is 1. The van der Waals surface area contributed by atoms with Crippen LogP contribution in [0.5, 0.6) is 5.75 Å². The molecule has 0 aliphatic heterocycles. The molecule has 1 aromatic carbocycles. The van der Waals surface area contributed by atoms with Crippen molar-refractivity contribution in [2.24, 2.45) is 0 Å². The van der Waals surface area contributed by atoms with Crippen molar-refractivity contribution in [3.8, 4) is 5.75 Å². The van der Waals surface area contributed by atoms with Crippen molar-refractivity contribution < 1.29 is 9.53 Å². The third-order valence-electron chi connectivity index (χ3n) is 2.93. The topological polar surface area (TPSA) is 82.2 Å². The van der Waals surface area contributed by atoms with Gasteiger partial charge in [0.25, 0.3) is 0 Å². The van der Waals surface area contributed by atoms with E-state index in [0.717, 1.165) is 4.47 Å². The van der Waals surface area contributed by atoms with Crippen LogP contribution in [0.15, 0.2) is 35.1 Å². The number of nitrogen functional groups attached to an aromatic ring is 1. The Hall–Kier alpha value is -2.02. The summed E-state index contributed by atoms with van der Waals surface area (Å²) in [4.78, 5) is 11.9. The zero-order valence-electron chi connectivity index (χ0n) is 11.7. The van der Waals surface area contributed by atoms with Crippen molar-refractivity contribution in [2.75, 3.05) is 18.2 Å². The number of carbonyl (C=O) groups is 1. The molecular weight excluding hydrogens is 336 g/mol. The fourth-order valence-electron chi connectivity index (χ4n) is 1.86. The summed E-state index contributed by atoms with van der Waals surface area (Å²) in [6.07, 6.45) is 4.70. The third-order valence-corrected chi connectivity index (χ3v) is 3.34. The molecule has 0 atom stereocenters. The third kappa shape index (κ3) is 4.49. The first-order valence-corrected chi connectivity index (χ1v) is 7.29. The molecule has 1 aromatic heterocycles. The van der Waals surface area contributed by atoms with Crippen LogP contribution in [0.2, 0.25) is 0 Å². The van der Waals surface area contributed by atoms with E-state index >= 15 is 0 Å². The van der Waals surface area contributed by atoms with Crippen LogP contribution in [0, 0.1) is 0 Å². The van der Waals surface area contributed by atoms with Gasteiger partial charge in [0.05, 0.1) is 29.2 Å². The largest absolute Gasteiger partial charge is 0.497 e. The highest BCUT2D eigenvalue weighted by molar-refractivity contribution is 9.10. The Morgan fingerprint density at radius 3 is 2.95 bits per heavy atom. The lowest BCUT2D eigenvalue weighted by atomic mass is 10.2. The maximum Gasteiger partial charge on any atom is 0.224 e. The van der Waals surface area contributed by atoms with Gasteiger partial charge in [-0.1, -0.05) is 0 Å². The minimum absolute atomic E-state index is 0.0712.